The molecule has 42 heavy (non-hydrogen) atoms. The minimum absolute atomic E-state index is 0.177. The van der Waals surface area contributed by atoms with Crippen molar-refractivity contribution in [1.29, 1.82) is 0 Å². The maximum Gasteiger partial charge on any atom is 0.500 e. The Morgan fingerprint density at radius 1 is 0.690 bits per heavy atom. The molecule has 0 aromatic heterocycles. The number of rotatable bonds is 28. The van der Waals surface area contributed by atoms with Gasteiger partial charge in [-0.2, -0.15) is 8.78 Å². The summed E-state index contributed by atoms with van der Waals surface area (Å²) in [4.78, 5) is 14.1. The Balaban J connectivity index is 4.74. The van der Waals surface area contributed by atoms with E-state index in [1.54, 1.807) is 21.3 Å². The number of hydrogen-bond donors (Lipinski definition) is 1. The molecule has 12 nitrogen and oxygen atoms in total. The number of ether oxygens (including phenoxy) is 3. The van der Waals surface area contributed by atoms with E-state index in [9.17, 15) is 22.4 Å². The van der Waals surface area contributed by atoms with E-state index in [2.05, 4.69) is 19.5 Å². The second-order valence-corrected chi connectivity index (χ2v) is 15.4. The number of methoxy groups -OCH3 is 1. The van der Waals surface area contributed by atoms with Gasteiger partial charge in [0, 0.05) is 74.9 Å². The number of halogens is 4. The first-order chi connectivity index (χ1) is 19.8. The molecule has 0 radical (unpaired) electrons. The van der Waals surface area contributed by atoms with Gasteiger partial charge in [-0.25, -0.2) is 4.74 Å². The minimum Gasteiger partial charge on any atom is -0.377 e. The van der Waals surface area contributed by atoms with Crippen molar-refractivity contribution in [2.75, 3.05) is 89.2 Å². The zero-order chi connectivity index (χ0) is 32.1. The van der Waals surface area contributed by atoms with Crippen LogP contribution in [0.5, 0.6) is 0 Å². The molecule has 0 aromatic rings. The monoisotopic (exact) mass is 658 g/mol. The van der Waals surface area contributed by atoms with Crippen LogP contribution in [0.3, 0.4) is 0 Å². The average molecular weight is 659 g/mol. The lowest BCUT2D eigenvalue weighted by Gasteiger charge is -2.28. The van der Waals surface area contributed by atoms with Crippen LogP contribution in [0.25, 0.3) is 0 Å². The highest BCUT2D eigenvalue weighted by Gasteiger charge is 2.46. The van der Waals surface area contributed by atoms with E-state index in [0.29, 0.717) is 24.9 Å². The molecule has 252 valence electrons. The largest absolute Gasteiger partial charge is 0.500 e. The summed E-state index contributed by atoms with van der Waals surface area (Å²) in [5, 5.41) is 3.36. The Morgan fingerprint density at radius 2 is 1.17 bits per heavy atom. The normalized spacial score (nSPS) is 13.1. The van der Waals surface area contributed by atoms with Crippen LogP contribution in [-0.2, 0) is 45.6 Å². The van der Waals surface area contributed by atoms with Crippen molar-refractivity contribution in [2.45, 2.75) is 63.0 Å². The maximum atomic E-state index is 13.8. The van der Waals surface area contributed by atoms with Gasteiger partial charge in [0.05, 0.1) is 0 Å². The lowest BCUT2D eigenvalue weighted by molar-refractivity contribution is -0.468. The van der Waals surface area contributed by atoms with Crippen molar-refractivity contribution in [3.05, 3.63) is 0 Å². The quantitative estimate of drug-likeness (QED) is 0.0578. The first-order valence-corrected chi connectivity index (χ1v) is 17.6. The Morgan fingerprint density at radius 3 is 1.69 bits per heavy atom. The molecule has 0 rings (SSSR count). The molecule has 0 aliphatic carbocycles. The van der Waals surface area contributed by atoms with Crippen molar-refractivity contribution in [3.8, 4) is 0 Å². The number of carbonyl (C=O) groups excluding carboxylic acids is 1. The molecule has 0 bridgehead atoms. The van der Waals surface area contributed by atoms with Crippen LogP contribution in [0, 0.1) is 0 Å². The van der Waals surface area contributed by atoms with Gasteiger partial charge >= 0.3 is 30.0 Å². The molecular weight excluding hydrogens is 608 g/mol. The summed E-state index contributed by atoms with van der Waals surface area (Å²) in [5.74, 6) is -0.794. The van der Waals surface area contributed by atoms with Gasteiger partial charge in [-0.15, -0.1) is 8.78 Å². The number of nitrogens with one attached hydrogen (secondary N) is 1. The predicted molar refractivity (Wildman–Crippen MR) is 149 cm³/mol. The Bertz CT molecular complexity index is 696. The topological polar surface area (TPSA) is 115 Å². The van der Waals surface area contributed by atoms with E-state index in [0.717, 1.165) is 45.9 Å². The second-order valence-electron chi connectivity index (χ2n) is 9.27. The molecule has 0 fully saturated rings. The van der Waals surface area contributed by atoms with Crippen LogP contribution in [0.15, 0.2) is 0 Å². The van der Waals surface area contributed by atoms with Crippen LogP contribution in [0.2, 0.25) is 12.1 Å². The van der Waals surface area contributed by atoms with Crippen LogP contribution in [-0.4, -0.2) is 130 Å². The summed E-state index contributed by atoms with van der Waals surface area (Å²) in [7, 11) is 4.54. The molecule has 1 amide bonds. The first-order valence-electron chi connectivity index (χ1n) is 13.7. The molecule has 0 unspecified atom stereocenters. The first kappa shape index (κ1) is 41.2. The second kappa shape index (κ2) is 21.8. The van der Waals surface area contributed by atoms with E-state index in [1.807, 2.05) is 0 Å². The van der Waals surface area contributed by atoms with Gasteiger partial charge in [-0.1, -0.05) is 12.8 Å². The molecule has 0 aliphatic rings. The van der Waals surface area contributed by atoms with Crippen molar-refractivity contribution in [3.63, 3.8) is 0 Å². The summed E-state index contributed by atoms with van der Waals surface area (Å²) in [6.07, 6.45) is -4.57. The Hall–Kier alpha value is -0.776. The van der Waals surface area contributed by atoms with E-state index in [-0.39, 0.29) is 13.1 Å². The Kier molecular flexibility index (Phi) is 21.4. The van der Waals surface area contributed by atoms with E-state index < -0.39 is 49.1 Å². The zero-order valence-electron chi connectivity index (χ0n) is 25.9. The summed E-state index contributed by atoms with van der Waals surface area (Å²) in [6.45, 7) is -0.520. The molecule has 0 saturated heterocycles. The predicted octanol–water partition coefficient (Wildman–Crippen LogP) is 3.32. The van der Waals surface area contributed by atoms with Crippen LogP contribution >= 0.6 is 0 Å². The van der Waals surface area contributed by atoms with E-state index in [1.165, 1.54) is 26.2 Å². The van der Waals surface area contributed by atoms with Crippen LogP contribution < -0.4 is 5.32 Å². The number of hydrogen-bond acceptors (Lipinski definition) is 11. The average Bonchev–Trinajstić information content (AvgIpc) is 2.96. The van der Waals surface area contributed by atoms with Crippen LogP contribution in [0.1, 0.15) is 38.5 Å². The SMILES string of the molecule is COCC(F)(F)OC(F)(F)OCC(=O)N(CCCCCCNCCC[Si](OC)(OC)OC)CCC[Si](OC)(OC)OC. The van der Waals surface area contributed by atoms with Gasteiger partial charge in [-0.3, -0.25) is 9.53 Å². The lowest BCUT2D eigenvalue weighted by atomic mass is 10.2. The number of nitrogens with zero attached hydrogens (tertiary/aromatic N) is 1. The van der Waals surface area contributed by atoms with E-state index in [4.69, 9.17) is 26.6 Å². The molecule has 0 spiro atoms. The zero-order valence-corrected chi connectivity index (χ0v) is 27.9. The Labute approximate surface area is 249 Å². The van der Waals surface area contributed by atoms with Gasteiger partial charge in [0.15, 0.2) is 0 Å². The summed E-state index contributed by atoms with van der Waals surface area (Å²) < 4.78 is 98.4. The fourth-order valence-corrected chi connectivity index (χ4v) is 7.48. The third kappa shape index (κ3) is 16.9. The highest BCUT2D eigenvalue weighted by molar-refractivity contribution is 6.60. The molecule has 0 heterocycles. The minimum atomic E-state index is -4.69. The van der Waals surface area contributed by atoms with E-state index >= 15 is 0 Å². The molecule has 0 aliphatic heterocycles. The maximum absolute atomic E-state index is 13.8. The van der Waals surface area contributed by atoms with Crippen molar-refractivity contribution < 1.29 is 63.1 Å². The molecule has 1 N–H and O–H groups in total. The summed E-state index contributed by atoms with van der Waals surface area (Å²) in [5.41, 5.74) is 0. The molecular formula is C24H50F4N2O10Si2. The third-order valence-corrected chi connectivity index (χ3v) is 12.1. The molecule has 18 heteroatoms. The lowest BCUT2D eigenvalue weighted by Crippen LogP contribution is -2.44. The van der Waals surface area contributed by atoms with Crippen LogP contribution in [0.4, 0.5) is 17.6 Å². The van der Waals surface area contributed by atoms with Gasteiger partial charge in [0.2, 0.25) is 5.91 Å². The summed E-state index contributed by atoms with van der Waals surface area (Å²) in [6, 6.07) is 1.07. The van der Waals surface area contributed by atoms with Gasteiger partial charge in [-0.05, 0) is 38.8 Å². The summed E-state index contributed by atoms with van der Waals surface area (Å²) >= 11 is 0. The van der Waals surface area contributed by atoms with Crippen molar-refractivity contribution in [2.24, 2.45) is 0 Å². The van der Waals surface area contributed by atoms with Gasteiger partial charge < -0.3 is 41.5 Å². The highest BCUT2D eigenvalue weighted by Crippen LogP contribution is 2.28. The smallest absolute Gasteiger partial charge is 0.377 e. The standard InChI is InChI=1S/C24H50F4N2O10Si2/c1-32-21-23(25,26)40-24(27,28)39-20-22(31)30(17-13-19-42(36-5,37-6)38-7)16-11-9-8-10-14-29-15-12-18-41(33-2,34-3)35-4/h29H,8-21H2,1-7H3. The fraction of sp³-hybridized carbons (Fsp3) is 0.958. The third-order valence-electron chi connectivity index (χ3n) is 6.44. The van der Waals surface area contributed by atoms with Gasteiger partial charge in [0.25, 0.3) is 0 Å². The number of amides is 1. The van der Waals surface area contributed by atoms with Crippen molar-refractivity contribution >= 4 is 23.5 Å². The van der Waals surface area contributed by atoms with Gasteiger partial charge in [0.1, 0.15) is 13.2 Å². The number of alkyl halides is 4. The molecule has 0 aromatic carbocycles. The molecule has 0 saturated carbocycles. The number of carbonyl (C=O) groups is 1. The van der Waals surface area contributed by atoms with Crippen molar-refractivity contribution in [1.82, 2.24) is 10.2 Å². The number of unbranched alkanes of at least 4 members (excludes halogenated alkanes) is 3. The fourth-order valence-electron chi connectivity index (χ4n) is 4.06. The molecule has 0 atom stereocenters. The highest BCUT2D eigenvalue weighted by atomic mass is 28.4.